The average Bonchev–Trinajstić information content (AvgIpc) is 4.38. The highest BCUT2D eigenvalue weighted by Crippen LogP contribution is 2.33. The Bertz CT molecular complexity index is 2440. The van der Waals surface area contributed by atoms with E-state index in [-0.39, 0.29) is 70.3 Å². The minimum absolute atomic E-state index is 0.0482. The molecule has 1 spiro atoms. The van der Waals surface area contributed by atoms with Gasteiger partial charge in [-0.1, -0.05) is 17.3 Å². The van der Waals surface area contributed by atoms with Gasteiger partial charge in [-0.15, -0.1) is 10.2 Å². The van der Waals surface area contributed by atoms with Crippen molar-refractivity contribution in [3.63, 3.8) is 0 Å². The van der Waals surface area contributed by atoms with E-state index >= 15 is 0 Å². The minimum Gasteiger partial charge on any atom is -0.378 e. The number of amides is 7. The number of nitrogens with zero attached hydrogens (tertiary/aromatic N) is 7. The van der Waals surface area contributed by atoms with Crippen LogP contribution in [0, 0.1) is 11.3 Å². The number of benzene rings is 2. The van der Waals surface area contributed by atoms with E-state index in [1.165, 1.54) is 0 Å². The van der Waals surface area contributed by atoms with Crippen LogP contribution >= 0.6 is 0 Å². The first-order valence-electron chi connectivity index (χ1n) is 27.4. The quantitative estimate of drug-likeness (QED) is 0.0466. The highest BCUT2D eigenvalue weighted by atomic mass is 16.7. The normalized spacial score (nSPS) is 15.0. The van der Waals surface area contributed by atoms with Crippen molar-refractivity contribution in [3.8, 4) is 17.3 Å². The lowest BCUT2D eigenvalue weighted by atomic mass is 9.87. The summed E-state index contributed by atoms with van der Waals surface area (Å²) in [7, 11) is 0. The summed E-state index contributed by atoms with van der Waals surface area (Å²) in [5, 5.41) is 23.9. The first kappa shape index (κ1) is 64.6. The summed E-state index contributed by atoms with van der Waals surface area (Å²) < 4.78 is 67.7. The molecule has 1 aromatic heterocycles. The molecular formula is C54H75N9O19. The molecule has 2 aromatic carbocycles. The van der Waals surface area contributed by atoms with Gasteiger partial charge in [0.05, 0.1) is 195 Å². The number of urea groups is 2. The van der Waals surface area contributed by atoms with Crippen molar-refractivity contribution in [3.05, 3.63) is 60.3 Å². The lowest BCUT2D eigenvalue weighted by Crippen LogP contribution is -2.56. The first-order valence-corrected chi connectivity index (χ1v) is 27.4. The molecule has 0 bridgehead atoms. The number of hydroxylamine groups is 2. The van der Waals surface area contributed by atoms with Crippen LogP contribution < -0.4 is 15.5 Å². The summed E-state index contributed by atoms with van der Waals surface area (Å²) in [5.41, 5.74) is 1.67. The molecule has 0 aliphatic carbocycles. The molecule has 3 fully saturated rings. The number of hydrogen-bond donors (Lipinski definition) is 2. The largest absolute Gasteiger partial charge is 0.378 e. The number of aromatic nitrogens is 3. The number of likely N-dealkylation sites (tertiary alicyclic amines) is 1. The monoisotopic (exact) mass is 1150 g/mol. The molecule has 28 nitrogen and oxygen atoms in total. The SMILES string of the molecule is N#Cc1ccc(N2C(=O)NC3(CCN(C(=O)Nc4cccc(-c5cn(CCOCCOCCOCCOCCOCCOCCOCCOCCOCCOCCOCCOCCC(=O)ON6C(=O)CCC6=O)nn5)c4)CC3)C2=O)cc1. The summed E-state index contributed by atoms with van der Waals surface area (Å²) in [4.78, 5) is 81.7. The van der Waals surface area contributed by atoms with Crippen LogP contribution in [0.25, 0.3) is 11.3 Å². The molecule has 3 saturated heterocycles. The lowest BCUT2D eigenvalue weighted by Gasteiger charge is -2.37. The number of rotatable bonds is 43. The van der Waals surface area contributed by atoms with E-state index < -0.39 is 29.4 Å². The highest BCUT2D eigenvalue weighted by molar-refractivity contribution is 6.23. The first-order chi connectivity index (χ1) is 40.2. The zero-order valence-corrected chi connectivity index (χ0v) is 46.2. The number of hydrogen-bond acceptors (Lipinski definition) is 22. The van der Waals surface area contributed by atoms with E-state index in [1.54, 1.807) is 46.1 Å². The van der Waals surface area contributed by atoms with Crippen molar-refractivity contribution in [1.82, 2.24) is 30.3 Å². The van der Waals surface area contributed by atoms with Gasteiger partial charge in [-0.05, 0) is 49.2 Å². The summed E-state index contributed by atoms with van der Waals surface area (Å²) in [6.45, 7) is 10.7. The molecule has 7 amide bonds. The van der Waals surface area contributed by atoms with Gasteiger partial charge >= 0.3 is 18.0 Å². The lowest BCUT2D eigenvalue weighted by molar-refractivity contribution is -0.198. The molecule has 3 aromatic rings. The molecule has 0 saturated carbocycles. The number of nitrogens with one attached hydrogen (secondary N) is 2. The molecule has 28 heteroatoms. The van der Waals surface area contributed by atoms with E-state index in [0.29, 0.717) is 180 Å². The Morgan fingerprint density at radius 3 is 1.51 bits per heavy atom. The molecule has 0 atom stereocenters. The molecule has 2 N–H and O–H groups in total. The maximum Gasteiger partial charge on any atom is 0.335 e. The molecule has 3 aliphatic heterocycles. The average molecular weight is 1150 g/mol. The van der Waals surface area contributed by atoms with Crippen molar-refractivity contribution in [1.29, 1.82) is 5.26 Å². The Kier molecular flexibility index (Phi) is 29.5. The van der Waals surface area contributed by atoms with Crippen molar-refractivity contribution in [2.75, 3.05) is 182 Å². The van der Waals surface area contributed by atoms with Crippen molar-refractivity contribution in [2.45, 2.75) is 44.2 Å². The standard InChI is InChI=1S/C54H75N9O19/c55-41-43-4-6-46(7-5-43)62-51(67)54(57-53(62)69)11-13-60(14-12-54)52(68)56-45-3-1-2-44(40-45)47-42-61(59-58-47)15-17-71-19-21-73-23-25-75-27-29-77-31-33-79-35-37-81-39-38-80-36-34-78-32-30-76-28-26-74-24-22-72-20-18-70-16-10-50(66)82-63-48(64)8-9-49(63)65/h1-7,40,42H,8-39H2,(H,56,68)(H,57,69). The van der Waals surface area contributed by atoms with Gasteiger partial charge in [0.25, 0.3) is 17.7 Å². The zero-order chi connectivity index (χ0) is 57.9. The van der Waals surface area contributed by atoms with E-state index in [4.69, 9.17) is 66.9 Å². The van der Waals surface area contributed by atoms with Crippen molar-refractivity contribution >= 4 is 47.1 Å². The zero-order valence-electron chi connectivity index (χ0n) is 46.2. The van der Waals surface area contributed by atoms with Gasteiger partial charge in [-0.2, -0.15) is 5.26 Å². The van der Waals surface area contributed by atoms with Crippen LogP contribution in [0.1, 0.15) is 37.7 Å². The van der Waals surface area contributed by atoms with Crippen molar-refractivity contribution in [2.24, 2.45) is 0 Å². The van der Waals surface area contributed by atoms with Crippen LogP contribution in [-0.2, 0) is 87.4 Å². The molecule has 0 unspecified atom stereocenters. The summed E-state index contributed by atoms with van der Waals surface area (Å²) >= 11 is 0. The Morgan fingerprint density at radius 1 is 0.598 bits per heavy atom. The van der Waals surface area contributed by atoms with Crippen molar-refractivity contribution < 1.29 is 90.4 Å². The fraction of sp³-hybridized carbons (Fsp3) is 0.611. The number of ether oxygens (including phenoxy) is 12. The Hall–Kier alpha value is -6.59. The minimum atomic E-state index is -1.10. The maximum atomic E-state index is 13.5. The van der Waals surface area contributed by atoms with Gasteiger partial charge in [0.15, 0.2) is 0 Å². The fourth-order valence-electron chi connectivity index (χ4n) is 8.11. The molecule has 450 valence electrons. The van der Waals surface area contributed by atoms with E-state index in [9.17, 15) is 28.8 Å². The molecule has 82 heavy (non-hydrogen) atoms. The van der Waals surface area contributed by atoms with E-state index in [0.717, 1.165) is 10.5 Å². The summed E-state index contributed by atoms with van der Waals surface area (Å²) in [6, 6.07) is 14.7. The fourth-order valence-corrected chi connectivity index (χ4v) is 8.11. The second-order valence-corrected chi connectivity index (χ2v) is 18.3. The summed E-state index contributed by atoms with van der Waals surface area (Å²) in [6.07, 6.45) is 2.33. The third-order valence-corrected chi connectivity index (χ3v) is 12.5. The second kappa shape index (κ2) is 37.5. The number of anilines is 2. The molecule has 3 aliphatic rings. The Labute approximate surface area is 475 Å². The Balaban J connectivity index is 0.630. The van der Waals surface area contributed by atoms with E-state index in [2.05, 4.69) is 20.9 Å². The van der Waals surface area contributed by atoms with Crippen LogP contribution in [0.4, 0.5) is 21.0 Å². The van der Waals surface area contributed by atoms with Crippen LogP contribution in [0.15, 0.2) is 54.7 Å². The van der Waals surface area contributed by atoms with Gasteiger partial charge in [0.1, 0.15) is 11.2 Å². The van der Waals surface area contributed by atoms with Gasteiger partial charge in [-0.3, -0.25) is 14.4 Å². The number of carbonyl (C=O) groups excluding carboxylic acids is 6. The predicted molar refractivity (Wildman–Crippen MR) is 287 cm³/mol. The van der Waals surface area contributed by atoms with Crippen LogP contribution in [0.5, 0.6) is 0 Å². The number of imide groups is 2. The Morgan fingerprint density at radius 2 is 1.05 bits per heavy atom. The smallest absolute Gasteiger partial charge is 0.335 e. The van der Waals surface area contributed by atoms with E-state index in [1.807, 2.05) is 24.3 Å². The summed E-state index contributed by atoms with van der Waals surface area (Å²) in [5.74, 6) is -2.12. The predicted octanol–water partition coefficient (Wildman–Crippen LogP) is 2.14. The van der Waals surface area contributed by atoms with Gasteiger partial charge in [0.2, 0.25) is 0 Å². The molecule has 0 radical (unpaired) electrons. The topological polar surface area (TPSA) is 311 Å². The highest BCUT2D eigenvalue weighted by Gasteiger charge is 2.53. The number of piperidine rings is 1. The molecular weight excluding hydrogens is 1080 g/mol. The van der Waals surface area contributed by atoms with Gasteiger partial charge in [-0.25, -0.2) is 24.0 Å². The number of carbonyl (C=O) groups is 6. The van der Waals surface area contributed by atoms with Crippen LogP contribution in [0.3, 0.4) is 0 Å². The van der Waals surface area contributed by atoms with Crippen LogP contribution in [-0.4, -0.2) is 238 Å². The third kappa shape index (κ3) is 23.0. The van der Waals surface area contributed by atoms with Gasteiger partial charge < -0.3 is 77.2 Å². The number of nitriles is 1. The maximum absolute atomic E-state index is 13.5. The second-order valence-electron chi connectivity index (χ2n) is 18.3. The van der Waals surface area contributed by atoms with Gasteiger partial charge in [0, 0.05) is 37.2 Å². The third-order valence-electron chi connectivity index (χ3n) is 12.5. The van der Waals surface area contributed by atoms with Crippen LogP contribution in [0.2, 0.25) is 0 Å². The molecule has 6 rings (SSSR count). The molecule has 4 heterocycles.